The van der Waals surface area contributed by atoms with Crippen LogP contribution in [-0.4, -0.2) is 46.8 Å². The number of aliphatic imine (C=N–C) groups is 1. The smallest absolute Gasteiger partial charge is 0.138 e. The van der Waals surface area contributed by atoms with Crippen LogP contribution in [0.1, 0.15) is 37.3 Å². The van der Waals surface area contributed by atoms with Gasteiger partial charge in [0.25, 0.3) is 0 Å². The molecule has 0 radical (unpaired) electrons. The van der Waals surface area contributed by atoms with Crippen molar-refractivity contribution in [2.24, 2.45) is 10.9 Å². The maximum atomic E-state index is 9.05. The Bertz CT molecular complexity index is 900. The molecule has 4 rings (SSSR count). The summed E-state index contributed by atoms with van der Waals surface area (Å²) in [6.45, 7) is 9.20. The summed E-state index contributed by atoms with van der Waals surface area (Å²) in [4.78, 5) is 17.0. The van der Waals surface area contributed by atoms with Crippen LogP contribution in [0.4, 0.5) is 11.6 Å². The lowest BCUT2D eigenvalue weighted by atomic mass is 10.2. The second-order valence-electron chi connectivity index (χ2n) is 7.58. The number of nitrogens with one attached hydrogen (secondary N) is 1. The highest BCUT2D eigenvalue weighted by molar-refractivity contribution is 5.73. The number of hydrogen-bond donors (Lipinski definition) is 1. The van der Waals surface area contributed by atoms with E-state index in [4.69, 9.17) is 5.26 Å². The average molecular weight is 374 g/mol. The first kappa shape index (κ1) is 18.3. The molecule has 28 heavy (non-hydrogen) atoms. The minimum atomic E-state index is 0.398. The van der Waals surface area contributed by atoms with E-state index in [-0.39, 0.29) is 0 Å². The first-order valence-corrected chi connectivity index (χ1v) is 9.92. The van der Waals surface area contributed by atoms with E-state index in [2.05, 4.69) is 37.4 Å². The second kappa shape index (κ2) is 7.89. The van der Waals surface area contributed by atoms with Crippen molar-refractivity contribution in [3.8, 4) is 6.07 Å². The molecule has 1 saturated heterocycles. The highest BCUT2D eigenvalue weighted by Crippen LogP contribution is 2.35. The first-order chi connectivity index (χ1) is 13.7. The number of H-pyrrole nitrogens is 1. The summed E-state index contributed by atoms with van der Waals surface area (Å²) < 4.78 is 0. The van der Waals surface area contributed by atoms with Crippen molar-refractivity contribution >= 4 is 23.5 Å². The van der Waals surface area contributed by atoms with Gasteiger partial charge in [0.1, 0.15) is 17.7 Å². The fraction of sp³-hybridized carbons (Fsp3) is 0.409. The van der Waals surface area contributed by atoms with Gasteiger partial charge < -0.3 is 14.8 Å². The first-order valence-electron chi connectivity index (χ1n) is 9.92. The minimum Gasteiger partial charge on any atom is -0.369 e. The van der Waals surface area contributed by atoms with E-state index in [1.165, 1.54) is 12.8 Å². The Morgan fingerprint density at radius 2 is 2.29 bits per heavy atom. The SMILES string of the molecule is C=C(c1cc[nH]c1N=CC)N1CCC(N(CC2CC2)c2ccc(C#N)cn2)C1. The largest absolute Gasteiger partial charge is 0.369 e. The number of aromatic amines is 1. The molecule has 0 bridgehead atoms. The van der Waals surface area contributed by atoms with Crippen molar-refractivity contribution in [2.75, 3.05) is 24.5 Å². The molecule has 1 atom stereocenters. The fourth-order valence-electron chi connectivity index (χ4n) is 3.87. The van der Waals surface area contributed by atoms with Crippen LogP contribution in [0.5, 0.6) is 0 Å². The van der Waals surface area contributed by atoms with Gasteiger partial charge in [-0.15, -0.1) is 0 Å². The zero-order chi connectivity index (χ0) is 19.5. The molecule has 1 aliphatic carbocycles. The third-order valence-electron chi connectivity index (χ3n) is 5.60. The van der Waals surface area contributed by atoms with Gasteiger partial charge in [0.15, 0.2) is 0 Å². The molecule has 3 heterocycles. The molecule has 2 aromatic heterocycles. The summed E-state index contributed by atoms with van der Waals surface area (Å²) >= 11 is 0. The zero-order valence-electron chi connectivity index (χ0n) is 16.3. The van der Waals surface area contributed by atoms with Gasteiger partial charge >= 0.3 is 0 Å². The third kappa shape index (κ3) is 3.79. The summed E-state index contributed by atoms with van der Waals surface area (Å²) in [5.74, 6) is 2.60. The number of rotatable bonds is 7. The van der Waals surface area contributed by atoms with Crippen molar-refractivity contribution in [1.82, 2.24) is 14.9 Å². The van der Waals surface area contributed by atoms with Crippen molar-refractivity contribution in [1.29, 1.82) is 5.26 Å². The molecule has 1 aliphatic heterocycles. The molecule has 1 N–H and O–H groups in total. The molecule has 0 amide bonds. The Morgan fingerprint density at radius 3 is 2.96 bits per heavy atom. The van der Waals surface area contributed by atoms with Crippen molar-refractivity contribution < 1.29 is 0 Å². The molecule has 2 aliphatic rings. The minimum absolute atomic E-state index is 0.398. The standard InChI is InChI=1S/C22H26N6/c1-3-24-22-20(8-10-25-22)16(2)27-11-9-19(15-27)28(14-17-4-5-17)21-7-6-18(12-23)13-26-21/h3,6-8,10,13,17,19,25H,2,4-5,9,11,14-15H2,1H3. The number of nitriles is 1. The van der Waals surface area contributed by atoms with Crippen molar-refractivity contribution in [3.63, 3.8) is 0 Å². The summed E-state index contributed by atoms with van der Waals surface area (Å²) in [5.41, 5.74) is 2.68. The molecule has 0 spiro atoms. The quantitative estimate of drug-likeness (QED) is 0.745. The third-order valence-corrected chi connectivity index (χ3v) is 5.60. The van der Waals surface area contributed by atoms with Crippen LogP contribution in [-0.2, 0) is 0 Å². The van der Waals surface area contributed by atoms with Gasteiger partial charge in [-0.05, 0) is 50.3 Å². The molecule has 1 unspecified atom stereocenters. The summed E-state index contributed by atoms with van der Waals surface area (Å²) in [7, 11) is 0. The molecule has 6 heteroatoms. The lowest BCUT2D eigenvalue weighted by Crippen LogP contribution is -2.39. The van der Waals surface area contributed by atoms with Crippen LogP contribution in [0.25, 0.3) is 5.70 Å². The number of anilines is 1. The second-order valence-corrected chi connectivity index (χ2v) is 7.58. The van der Waals surface area contributed by atoms with E-state index in [1.807, 2.05) is 31.3 Å². The van der Waals surface area contributed by atoms with Gasteiger partial charge in [-0.2, -0.15) is 5.26 Å². The van der Waals surface area contributed by atoms with Crippen LogP contribution in [0.15, 0.2) is 42.2 Å². The van der Waals surface area contributed by atoms with Gasteiger partial charge in [-0.3, -0.25) is 0 Å². The van der Waals surface area contributed by atoms with E-state index in [0.717, 1.165) is 54.9 Å². The monoisotopic (exact) mass is 374 g/mol. The Hall–Kier alpha value is -3.07. The maximum Gasteiger partial charge on any atom is 0.138 e. The Morgan fingerprint density at radius 1 is 1.43 bits per heavy atom. The fourth-order valence-corrected chi connectivity index (χ4v) is 3.87. The summed E-state index contributed by atoms with van der Waals surface area (Å²) in [6, 6.07) is 8.44. The Labute approximate surface area is 166 Å². The van der Waals surface area contributed by atoms with Crippen LogP contribution in [0, 0.1) is 17.2 Å². The van der Waals surface area contributed by atoms with E-state index in [0.29, 0.717) is 11.6 Å². The normalized spacial score (nSPS) is 19.1. The molecule has 144 valence electrons. The predicted molar refractivity (Wildman–Crippen MR) is 113 cm³/mol. The van der Waals surface area contributed by atoms with Gasteiger partial charge in [-0.1, -0.05) is 6.58 Å². The van der Waals surface area contributed by atoms with Crippen LogP contribution >= 0.6 is 0 Å². The van der Waals surface area contributed by atoms with E-state index >= 15 is 0 Å². The maximum absolute atomic E-state index is 9.05. The van der Waals surface area contributed by atoms with Crippen molar-refractivity contribution in [3.05, 3.63) is 48.3 Å². The van der Waals surface area contributed by atoms with Gasteiger partial charge in [0.2, 0.25) is 0 Å². The highest BCUT2D eigenvalue weighted by Gasteiger charge is 2.33. The molecule has 2 fully saturated rings. The van der Waals surface area contributed by atoms with Gasteiger partial charge in [0, 0.05) is 55.5 Å². The predicted octanol–water partition coefficient (Wildman–Crippen LogP) is 3.97. The van der Waals surface area contributed by atoms with Gasteiger partial charge in [0.05, 0.1) is 5.56 Å². The Balaban J connectivity index is 1.50. The number of nitrogens with zero attached hydrogens (tertiary/aromatic N) is 5. The highest BCUT2D eigenvalue weighted by atomic mass is 15.3. The van der Waals surface area contributed by atoms with Crippen molar-refractivity contribution in [2.45, 2.75) is 32.2 Å². The molecule has 1 saturated carbocycles. The van der Waals surface area contributed by atoms with E-state index in [9.17, 15) is 0 Å². The molecular formula is C22H26N6. The number of hydrogen-bond acceptors (Lipinski definition) is 5. The Kier molecular flexibility index (Phi) is 5.16. The lowest BCUT2D eigenvalue weighted by molar-refractivity contribution is 0.475. The van der Waals surface area contributed by atoms with Gasteiger partial charge in [-0.25, -0.2) is 9.98 Å². The summed E-state index contributed by atoms with van der Waals surface area (Å²) in [6.07, 6.45) is 9.06. The average Bonchev–Trinajstić information content (AvgIpc) is 3.21. The van der Waals surface area contributed by atoms with E-state index < -0.39 is 0 Å². The number of pyridine rings is 1. The zero-order valence-corrected chi connectivity index (χ0v) is 16.3. The molecule has 6 nitrogen and oxygen atoms in total. The topological polar surface area (TPSA) is 71.3 Å². The number of aromatic nitrogens is 2. The van der Waals surface area contributed by atoms with Crippen LogP contribution in [0.3, 0.4) is 0 Å². The number of likely N-dealkylation sites (tertiary alicyclic amines) is 1. The van der Waals surface area contributed by atoms with Crippen LogP contribution < -0.4 is 4.90 Å². The molecule has 2 aromatic rings. The molecule has 0 aromatic carbocycles. The lowest BCUT2D eigenvalue weighted by Gasteiger charge is -2.31. The van der Waals surface area contributed by atoms with Crippen LogP contribution in [0.2, 0.25) is 0 Å². The molecular weight excluding hydrogens is 348 g/mol. The van der Waals surface area contributed by atoms with E-state index in [1.54, 1.807) is 12.4 Å². The summed E-state index contributed by atoms with van der Waals surface area (Å²) in [5, 5.41) is 9.05.